The summed E-state index contributed by atoms with van der Waals surface area (Å²) in [5.41, 5.74) is 1.64. The first-order valence-corrected chi connectivity index (χ1v) is 5.89. The fourth-order valence-corrected chi connectivity index (χ4v) is 1.93. The molecule has 0 radical (unpaired) electrons. The summed E-state index contributed by atoms with van der Waals surface area (Å²) in [4.78, 5) is 11.4. The average Bonchev–Trinajstić information content (AvgIpc) is 2.69. The number of carbonyl (C=O) groups excluding carboxylic acids is 1. The number of Topliss-reactive ketones (excluding diaryl/α,β-unsaturated/α-hetero) is 1. The number of halogens is 3. The molecule has 0 bridgehead atoms. The minimum Gasteiger partial charge on any atom is -0.491 e. The van der Waals surface area contributed by atoms with Gasteiger partial charge in [-0.3, -0.25) is 4.79 Å². The van der Waals surface area contributed by atoms with Crippen LogP contribution in [0.3, 0.4) is 0 Å². The zero-order valence-corrected chi connectivity index (χ0v) is 10.1. The molecule has 0 atom stereocenters. The third-order valence-corrected chi connectivity index (χ3v) is 2.76. The van der Waals surface area contributed by atoms with Crippen LogP contribution < -0.4 is 4.74 Å². The molecule has 0 saturated carbocycles. The first kappa shape index (κ1) is 13.9. The smallest absolute Gasteiger partial charge is 0.411 e. The molecule has 0 fully saturated rings. The van der Waals surface area contributed by atoms with Crippen molar-refractivity contribution in [3.05, 3.63) is 29.3 Å². The average molecular weight is 274 g/mol. The number of ketones is 1. The van der Waals surface area contributed by atoms with Crippen molar-refractivity contribution in [3.63, 3.8) is 0 Å². The number of benzene rings is 1. The summed E-state index contributed by atoms with van der Waals surface area (Å²) in [6, 6.07) is 5.09. The Balaban J connectivity index is 1.77. The van der Waals surface area contributed by atoms with Gasteiger partial charge in [-0.1, -0.05) is 0 Å². The van der Waals surface area contributed by atoms with Gasteiger partial charge in [-0.05, 0) is 30.2 Å². The maximum absolute atomic E-state index is 11.8. The predicted octanol–water partition coefficient (Wildman–Crippen LogP) is 2.77. The van der Waals surface area contributed by atoms with Crippen LogP contribution in [0.15, 0.2) is 18.2 Å². The highest BCUT2D eigenvalue weighted by Crippen LogP contribution is 2.26. The van der Waals surface area contributed by atoms with Gasteiger partial charge in [0.05, 0.1) is 6.61 Å². The van der Waals surface area contributed by atoms with Gasteiger partial charge in [0.1, 0.15) is 19.0 Å². The van der Waals surface area contributed by atoms with Crippen molar-refractivity contribution in [3.8, 4) is 5.75 Å². The fourth-order valence-electron chi connectivity index (χ4n) is 1.93. The summed E-state index contributed by atoms with van der Waals surface area (Å²) in [6.45, 7) is -1.35. The van der Waals surface area contributed by atoms with E-state index in [0.29, 0.717) is 24.2 Å². The van der Waals surface area contributed by atoms with Crippen LogP contribution in [0.1, 0.15) is 22.3 Å². The lowest BCUT2D eigenvalue weighted by molar-refractivity contribution is -0.175. The van der Waals surface area contributed by atoms with Gasteiger partial charge in [-0.25, -0.2) is 0 Å². The van der Waals surface area contributed by atoms with Crippen molar-refractivity contribution in [2.24, 2.45) is 0 Å². The molecule has 0 aliphatic heterocycles. The molecule has 0 amide bonds. The van der Waals surface area contributed by atoms with E-state index in [0.717, 1.165) is 5.56 Å². The summed E-state index contributed by atoms with van der Waals surface area (Å²) in [5.74, 6) is 0.666. The number of aryl methyl sites for hydroxylation is 1. The molecule has 6 heteroatoms. The molecule has 104 valence electrons. The van der Waals surface area contributed by atoms with Crippen molar-refractivity contribution >= 4 is 5.78 Å². The molecular weight excluding hydrogens is 261 g/mol. The first-order valence-electron chi connectivity index (χ1n) is 5.89. The monoisotopic (exact) mass is 274 g/mol. The van der Waals surface area contributed by atoms with E-state index in [2.05, 4.69) is 4.74 Å². The molecule has 1 aliphatic carbocycles. The number of fused-ring (bicyclic) bond motifs is 1. The van der Waals surface area contributed by atoms with Crippen molar-refractivity contribution in [2.45, 2.75) is 19.0 Å². The van der Waals surface area contributed by atoms with Crippen LogP contribution in [-0.2, 0) is 11.2 Å². The normalized spacial score (nSPS) is 14.6. The molecule has 19 heavy (non-hydrogen) atoms. The molecule has 2 rings (SSSR count). The summed E-state index contributed by atoms with van der Waals surface area (Å²) in [6.07, 6.45) is -3.11. The third-order valence-electron chi connectivity index (χ3n) is 2.76. The second kappa shape index (κ2) is 5.61. The number of rotatable bonds is 5. The zero-order valence-electron chi connectivity index (χ0n) is 10.1. The minimum atomic E-state index is -4.31. The van der Waals surface area contributed by atoms with Crippen molar-refractivity contribution in [2.75, 3.05) is 19.8 Å². The molecule has 0 heterocycles. The minimum absolute atomic E-state index is 0.0445. The van der Waals surface area contributed by atoms with Gasteiger partial charge < -0.3 is 9.47 Å². The summed E-state index contributed by atoms with van der Waals surface area (Å²) >= 11 is 0. The second-order valence-corrected chi connectivity index (χ2v) is 4.26. The summed E-state index contributed by atoms with van der Waals surface area (Å²) < 4.78 is 45.1. The van der Waals surface area contributed by atoms with Crippen molar-refractivity contribution < 1.29 is 27.4 Å². The summed E-state index contributed by atoms with van der Waals surface area (Å²) in [7, 11) is 0. The van der Waals surface area contributed by atoms with Gasteiger partial charge in [-0.2, -0.15) is 13.2 Å². The lowest BCUT2D eigenvalue weighted by Gasteiger charge is -2.09. The van der Waals surface area contributed by atoms with Gasteiger partial charge in [0, 0.05) is 12.0 Å². The van der Waals surface area contributed by atoms with E-state index in [1.807, 2.05) is 0 Å². The van der Waals surface area contributed by atoms with Gasteiger partial charge in [0.15, 0.2) is 5.78 Å². The Morgan fingerprint density at radius 3 is 2.68 bits per heavy atom. The largest absolute Gasteiger partial charge is 0.491 e. The van der Waals surface area contributed by atoms with Crippen LogP contribution in [0.25, 0.3) is 0 Å². The molecule has 1 aliphatic rings. The van der Waals surface area contributed by atoms with E-state index in [1.54, 1.807) is 18.2 Å². The lowest BCUT2D eigenvalue weighted by atomic mass is 10.1. The number of ether oxygens (including phenoxy) is 2. The van der Waals surface area contributed by atoms with Gasteiger partial charge >= 0.3 is 6.18 Å². The molecular formula is C13H13F3O3. The Bertz CT molecular complexity index is 469. The molecule has 1 aromatic rings. The second-order valence-electron chi connectivity index (χ2n) is 4.26. The lowest BCUT2D eigenvalue weighted by Crippen LogP contribution is -2.19. The molecule has 0 spiro atoms. The highest BCUT2D eigenvalue weighted by atomic mass is 19.4. The maximum Gasteiger partial charge on any atom is 0.411 e. The highest BCUT2D eigenvalue weighted by molar-refractivity contribution is 6.00. The van der Waals surface area contributed by atoms with E-state index in [9.17, 15) is 18.0 Å². The van der Waals surface area contributed by atoms with Crippen LogP contribution in [0.2, 0.25) is 0 Å². The van der Waals surface area contributed by atoms with Crippen LogP contribution in [-0.4, -0.2) is 31.8 Å². The number of alkyl halides is 3. The zero-order chi connectivity index (χ0) is 13.9. The Labute approximate surface area is 108 Å². The quantitative estimate of drug-likeness (QED) is 0.774. The molecule has 0 N–H and O–H groups in total. The number of carbonyl (C=O) groups is 1. The first-order chi connectivity index (χ1) is 8.96. The predicted molar refractivity (Wildman–Crippen MR) is 61.5 cm³/mol. The maximum atomic E-state index is 11.8. The molecule has 0 aromatic heterocycles. The van der Waals surface area contributed by atoms with Gasteiger partial charge in [0.25, 0.3) is 0 Å². The molecule has 3 nitrogen and oxygen atoms in total. The SMILES string of the molecule is O=C1CCc2cc(OCCOCC(F)(F)F)ccc21. The molecule has 1 aromatic carbocycles. The summed E-state index contributed by atoms with van der Waals surface area (Å²) in [5, 5.41) is 0. The van der Waals surface area contributed by atoms with Gasteiger partial charge in [0.2, 0.25) is 0 Å². The van der Waals surface area contributed by atoms with Crippen LogP contribution in [0.5, 0.6) is 5.75 Å². The third kappa shape index (κ3) is 3.96. The van der Waals surface area contributed by atoms with E-state index >= 15 is 0 Å². The number of hydrogen-bond donors (Lipinski definition) is 0. The Kier molecular flexibility index (Phi) is 4.09. The van der Waals surface area contributed by atoms with Crippen LogP contribution in [0, 0.1) is 0 Å². The Hall–Kier alpha value is -1.56. The fraction of sp³-hybridized carbons (Fsp3) is 0.462. The van der Waals surface area contributed by atoms with Crippen molar-refractivity contribution in [1.82, 2.24) is 0 Å². The highest BCUT2D eigenvalue weighted by Gasteiger charge is 2.27. The van der Waals surface area contributed by atoms with Crippen molar-refractivity contribution in [1.29, 1.82) is 0 Å². The Morgan fingerprint density at radius 1 is 1.16 bits per heavy atom. The van der Waals surface area contributed by atoms with Gasteiger partial charge in [-0.15, -0.1) is 0 Å². The molecule has 0 unspecified atom stereocenters. The van der Waals surface area contributed by atoms with E-state index < -0.39 is 12.8 Å². The number of hydrogen-bond acceptors (Lipinski definition) is 3. The van der Waals surface area contributed by atoms with E-state index in [-0.39, 0.29) is 19.0 Å². The van der Waals surface area contributed by atoms with E-state index in [4.69, 9.17) is 4.74 Å². The van der Waals surface area contributed by atoms with Crippen LogP contribution >= 0.6 is 0 Å². The topological polar surface area (TPSA) is 35.5 Å². The molecule has 0 saturated heterocycles. The van der Waals surface area contributed by atoms with Crippen LogP contribution in [0.4, 0.5) is 13.2 Å². The van der Waals surface area contributed by atoms with E-state index in [1.165, 1.54) is 0 Å². The Morgan fingerprint density at radius 2 is 1.95 bits per heavy atom. The standard InChI is InChI=1S/C13H13F3O3/c14-13(15,16)8-18-5-6-19-10-2-3-11-9(7-10)1-4-12(11)17/h2-3,7H,1,4-6,8H2.